The Balaban J connectivity index is 1.47. The van der Waals surface area contributed by atoms with Crippen molar-refractivity contribution in [3.05, 3.63) is 48.8 Å². The number of nitrogens with zero attached hydrogens (tertiary/aromatic N) is 2. The summed E-state index contributed by atoms with van der Waals surface area (Å²) < 4.78 is 5.68. The molecule has 25 heavy (non-hydrogen) atoms. The van der Waals surface area contributed by atoms with E-state index in [0.29, 0.717) is 24.1 Å². The third kappa shape index (κ3) is 4.93. The first-order valence-electron chi connectivity index (χ1n) is 8.71. The number of ether oxygens (including phenoxy) is 1. The van der Waals surface area contributed by atoms with E-state index in [1.807, 2.05) is 36.4 Å². The second-order valence-electron chi connectivity index (χ2n) is 6.07. The van der Waals surface area contributed by atoms with Gasteiger partial charge < -0.3 is 15.4 Å². The number of nitrogens with one attached hydrogen (secondary N) is 2. The van der Waals surface area contributed by atoms with E-state index in [0.717, 1.165) is 25.2 Å². The molecule has 1 aromatic carbocycles. The molecule has 1 aliphatic rings. The van der Waals surface area contributed by atoms with Gasteiger partial charge in [0.05, 0.1) is 6.20 Å². The van der Waals surface area contributed by atoms with Crippen LogP contribution in [0, 0.1) is 0 Å². The number of likely N-dealkylation sites (N-methyl/N-ethyl adjacent to an activating group) is 1. The molecular formula is C19H24N4O2. The molecule has 2 aromatic rings. The van der Waals surface area contributed by atoms with Gasteiger partial charge in [-0.15, -0.1) is 0 Å². The quantitative estimate of drug-likeness (QED) is 0.845. The molecule has 1 atom stereocenters. The lowest BCUT2D eigenvalue weighted by Gasteiger charge is -2.22. The van der Waals surface area contributed by atoms with Crippen LogP contribution in [0.1, 0.15) is 19.8 Å². The van der Waals surface area contributed by atoms with Crippen LogP contribution in [-0.2, 0) is 0 Å². The topological polar surface area (TPSA) is 66.5 Å². The Morgan fingerprint density at radius 2 is 2.12 bits per heavy atom. The lowest BCUT2D eigenvalue weighted by molar-refractivity contribution is 0.238. The van der Waals surface area contributed by atoms with Crippen LogP contribution in [-0.4, -0.2) is 41.6 Å². The summed E-state index contributed by atoms with van der Waals surface area (Å²) in [5.74, 6) is 1.38. The summed E-state index contributed by atoms with van der Waals surface area (Å²) >= 11 is 0. The first-order chi connectivity index (χ1) is 12.2. The molecule has 1 saturated heterocycles. The van der Waals surface area contributed by atoms with Gasteiger partial charge in [-0.25, -0.2) is 4.79 Å². The molecule has 0 saturated carbocycles. The van der Waals surface area contributed by atoms with Crippen LogP contribution in [0.25, 0.3) is 0 Å². The molecule has 2 heterocycles. The molecular weight excluding hydrogens is 316 g/mol. The van der Waals surface area contributed by atoms with Gasteiger partial charge in [0.15, 0.2) is 0 Å². The van der Waals surface area contributed by atoms with Gasteiger partial charge in [0.1, 0.15) is 11.5 Å². The Morgan fingerprint density at radius 3 is 2.84 bits per heavy atom. The second kappa shape index (κ2) is 8.48. The number of carbonyl (C=O) groups is 1. The van der Waals surface area contributed by atoms with Crippen LogP contribution in [0.4, 0.5) is 10.5 Å². The van der Waals surface area contributed by atoms with Crippen molar-refractivity contribution >= 4 is 11.7 Å². The Hall–Kier alpha value is -2.60. The minimum absolute atomic E-state index is 0.177. The summed E-state index contributed by atoms with van der Waals surface area (Å²) in [4.78, 5) is 18.5. The smallest absolute Gasteiger partial charge is 0.319 e. The van der Waals surface area contributed by atoms with Crippen LogP contribution < -0.4 is 15.4 Å². The normalized spacial score (nSPS) is 17.2. The first-order valence-corrected chi connectivity index (χ1v) is 8.71. The van der Waals surface area contributed by atoms with Gasteiger partial charge >= 0.3 is 6.03 Å². The average molecular weight is 340 g/mol. The average Bonchev–Trinajstić information content (AvgIpc) is 3.10. The molecule has 0 aliphatic carbocycles. The molecule has 0 bridgehead atoms. The van der Waals surface area contributed by atoms with Gasteiger partial charge in [0.2, 0.25) is 0 Å². The Bertz CT molecular complexity index is 676. The number of rotatable bonds is 6. The van der Waals surface area contributed by atoms with Crippen LogP contribution >= 0.6 is 0 Å². The van der Waals surface area contributed by atoms with E-state index in [1.54, 1.807) is 12.4 Å². The van der Waals surface area contributed by atoms with E-state index in [4.69, 9.17) is 4.74 Å². The summed E-state index contributed by atoms with van der Waals surface area (Å²) in [7, 11) is 0. The van der Waals surface area contributed by atoms with Crippen molar-refractivity contribution in [1.82, 2.24) is 15.2 Å². The minimum Gasteiger partial charge on any atom is -0.456 e. The van der Waals surface area contributed by atoms with Crippen molar-refractivity contribution in [2.75, 3.05) is 25.0 Å². The number of amides is 2. The Labute approximate surface area is 148 Å². The maximum Gasteiger partial charge on any atom is 0.319 e. The van der Waals surface area contributed by atoms with Crippen molar-refractivity contribution in [1.29, 1.82) is 0 Å². The lowest BCUT2D eigenvalue weighted by Crippen LogP contribution is -2.41. The summed E-state index contributed by atoms with van der Waals surface area (Å²) in [6, 6.07) is 11.2. The molecule has 1 fully saturated rings. The largest absolute Gasteiger partial charge is 0.456 e. The molecule has 6 heteroatoms. The molecule has 0 spiro atoms. The zero-order valence-electron chi connectivity index (χ0n) is 14.4. The Kier molecular flexibility index (Phi) is 5.85. The summed E-state index contributed by atoms with van der Waals surface area (Å²) in [6.45, 7) is 5.00. The van der Waals surface area contributed by atoms with Gasteiger partial charge in [-0.05, 0) is 62.3 Å². The van der Waals surface area contributed by atoms with E-state index in [1.165, 1.54) is 6.42 Å². The molecule has 3 rings (SSSR count). The standard InChI is InChI=1S/C19H24N4O2/c1-2-23-12-4-5-16(23)13-21-19(24)22-15-7-9-17(10-8-15)25-18-6-3-11-20-14-18/h3,6-11,14,16H,2,4-5,12-13H2,1H3,(H2,21,22,24). The predicted octanol–water partition coefficient (Wildman–Crippen LogP) is 3.48. The van der Waals surface area contributed by atoms with E-state index < -0.39 is 0 Å². The van der Waals surface area contributed by atoms with E-state index in [2.05, 4.69) is 27.4 Å². The van der Waals surface area contributed by atoms with E-state index in [9.17, 15) is 4.79 Å². The highest BCUT2D eigenvalue weighted by molar-refractivity contribution is 5.89. The second-order valence-corrected chi connectivity index (χ2v) is 6.07. The fourth-order valence-electron chi connectivity index (χ4n) is 3.08. The number of hydrogen-bond acceptors (Lipinski definition) is 4. The summed E-state index contributed by atoms with van der Waals surface area (Å²) in [5.41, 5.74) is 0.731. The third-order valence-electron chi connectivity index (χ3n) is 4.39. The first kappa shape index (κ1) is 17.2. The number of aromatic nitrogens is 1. The van der Waals surface area contributed by atoms with Crippen LogP contribution in [0.2, 0.25) is 0 Å². The Morgan fingerprint density at radius 1 is 1.28 bits per heavy atom. The molecule has 1 aliphatic heterocycles. The van der Waals surface area contributed by atoms with E-state index in [-0.39, 0.29) is 6.03 Å². The highest BCUT2D eigenvalue weighted by atomic mass is 16.5. The maximum atomic E-state index is 12.1. The van der Waals surface area contributed by atoms with Gasteiger partial charge in [-0.2, -0.15) is 0 Å². The van der Waals surface area contributed by atoms with Crippen molar-refractivity contribution in [2.45, 2.75) is 25.8 Å². The van der Waals surface area contributed by atoms with Gasteiger partial charge in [-0.1, -0.05) is 6.92 Å². The zero-order valence-corrected chi connectivity index (χ0v) is 14.4. The number of likely N-dealkylation sites (tertiary alicyclic amines) is 1. The summed E-state index contributed by atoms with van der Waals surface area (Å²) in [6.07, 6.45) is 5.71. The van der Waals surface area contributed by atoms with Gasteiger partial charge in [-0.3, -0.25) is 9.88 Å². The van der Waals surface area contributed by atoms with Crippen molar-refractivity contribution in [3.63, 3.8) is 0 Å². The van der Waals surface area contributed by atoms with Gasteiger partial charge in [0.25, 0.3) is 0 Å². The van der Waals surface area contributed by atoms with Crippen molar-refractivity contribution in [3.8, 4) is 11.5 Å². The predicted molar refractivity (Wildman–Crippen MR) is 98.0 cm³/mol. The number of carbonyl (C=O) groups excluding carboxylic acids is 1. The molecule has 2 amide bonds. The fourth-order valence-corrected chi connectivity index (χ4v) is 3.08. The molecule has 2 N–H and O–H groups in total. The van der Waals surface area contributed by atoms with Crippen LogP contribution in [0.5, 0.6) is 11.5 Å². The molecule has 0 radical (unpaired) electrons. The number of urea groups is 1. The number of benzene rings is 1. The number of anilines is 1. The van der Waals surface area contributed by atoms with Crippen molar-refractivity contribution < 1.29 is 9.53 Å². The minimum atomic E-state index is -0.177. The van der Waals surface area contributed by atoms with Crippen LogP contribution in [0.3, 0.4) is 0 Å². The molecule has 1 unspecified atom stereocenters. The maximum absolute atomic E-state index is 12.1. The number of hydrogen-bond donors (Lipinski definition) is 2. The fraction of sp³-hybridized carbons (Fsp3) is 0.368. The monoisotopic (exact) mass is 340 g/mol. The third-order valence-corrected chi connectivity index (χ3v) is 4.39. The molecule has 132 valence electrons. The zero-order chi connectivity index (χ0) is 17.5. The number of pyridine rings is 1. The highest BCUT2D eigenvalue weighted by Crippen LogP contribution is 2.22. The molecule has 1 aromatic heterocycles. The molecule has 6 nitrogen and oxygen atoms in total. The highest BCUT2D eigenvalue weighted by Gasteiger charge is 2.22. The SMILES string of the molecule is CCN1CCCC1CNC(=O)Nc1ccc(Oc2cccnc2)cc1. The van der Waals surface area contributed by atoms with Crippen molar-refractivity contribution in [2.24, 2.45) is 0 Å². The summed E-state index contributed by atoms with van der Waals surface area (Å²) in [5, 5.41) is 5.81. The van der Waals surface area contributed by atoms with Gasteiger partial charge in [0, 0.05) is 24.5 Å². The van der Waals surface area contributed by atoms with Crippen LogP contribution in [0.15, 0.2) is 48.8 Å². The van der Waals surface area contributed by atoms with E-state index >= 15 is 0 Å². The lowest BCUT2D eigenvalue weighted by atomic mass is 10.2.